The van der Waals surface area contributed by atoms with Gasteiger partial charge < -0.3 is 19.9 Å². The number of carbonyl (C=O) groups is 3. The van der Waals surface area contributed by atoms with Gasteiger partial charge in [0.05, 0.1) is 32.3 Å². The maximum Gasteiger partial charge on any atom is 0.309 e. The highest BCUT2D eigenvalue weighted by molar-refractivity contribution is 8.15. The third-order valence-corrected chi connectivity index (χ3v) is 4.32. The molecule has 0 radical (unpaired) electrons. The summed E-state index contributed by atoms with van der Waals surface area (Å²) in [7, 11) is 0. The van der Waals surface area contributed by atoms with E-state index in [1.165, 1.54) is 6.21 Å². The van der Waals surface area contributed by atoms with Gasteiger partial charge in [-0.15, -0.1) is 5.10 Å². The fourth-order valence-corrected chi connectivity index (χ4v) is 2.94. The molecule has 1 fully saturated rings. The second-order valence-corrected chi connectivity index (χ2v) is 6.51. The first-order valence-corrected chi connectivity index (χ1v) is 9.04. The minimum Gasteiger partial charge on any atom is -0.493 e. The topological polar surface area (TPSA) is 127 Å². The number of hydrogen-bond acceptors (Lipinski definition) is 8. The van der Waals surface area contributed by atoms with Crippen LogP contribution in [0.25, 0.3) is 0 Å². The normalized spacial score (nSPS) is 17.9. The van der Waals surface area contributed by atoms with Crippen LogP contribution < -0.4 is 10.1 Å². The average molecular weight is 393 g/mol. The molecule has 0 aromatic heterocycles. The molecule has 0 aliphatic carbocycles. The van der Waals surface area contributed by atoms with Gasteiger partial charge in [0.2, 0.25) is 5.91 Å². The van der Waals surface area contributed by atoms with Crippen molar-refractivity contribution in [2.45, 2.75) is 25.0 Å². The number of carboxylic acids is 1. The molecule has 1 unspecified atom stereocenters. The standard InChI is InChI=1S/C17H19N3O6S/c1-2-25-15(23)7-8-26-12-5-3-11(4-6-12)10-18-20-17-19-16(24)13(27-17)9-14(21)22/h3-6,10,13H,2,7-9H2,1H3,(H,21,22)(H,19,20,24). The Balaban J connectivity index is 1.81. The van der Waals surface area contributed by atoms with E-state index >= 15 is 0 Å². The van der Waals surface area contributed by atoms with Crippen LogP contribution in [0.3, 0.4) is 0 Å². The third kappa shape index (κ3) is 7.10. The van der Waals surface area contributed by atoms with Crippen LogP contribution in [0.4, 0.5) is 0 Å². The molecular weight excluding hydrogens is 374 g/mol. The first kappa shape index (κ1) is 20.4. The Labute approximate surface area is 159 Å². The summed E-state index contributed by atoms with van der Waals surface area (Å²) in [5, 5.41) is 18.6. The maximum absolute atomic E-state index is 11.6. The van der Waals surface area contributed by atoms with E-state index in [4.69, 9.17) is 14.6 Å². The van der Waals surface area contributed by atoms with Crippen LogP contribution in [0.1, 0.15) is 25.3 Å². The molecule has 1 atom stereocenters. The van der Waals surface area contributed by atoms with Crippen molar-refractivity contribution in [1.82, 2.24) is 5.32 Å². The molecule has 0 bridgehead atoms. The molecule has 1 amide bonds. The van der Waals surface area contributed by atoms with E-state index < -0.39 is 11.2 Å². The highest BCUT2D eigenvalue weighted by atomic mass is 32.2. The summed E-state index contributed by atoms with van der Waals surface area (Å²) >= 11 is 1.04. The average Bonchev–Trinajstić information content (AvgIpc) is 2.95. The molecule has 9 nitrogen and oxygen atoms in total. The number of carbonyl (C=O) groups excluding carboxylic acids is 2. The second-order valence-electron chi connectivity index (χ2n) is 5.32. The van der Waals surface area contributed by atoms with E-state index in [1.807, 2.05) is 0 Å². The zero-order chi connectivity index (χ0) is 19.6. The summed E-state index contributed by atoms with van der Waals surface area (Å²) < 4.78 is 10.3. The van der Waals surface area contributed by atoms with Crippen molar-refractivity contribution in [3.63, 3.8) is 0 Å². The number of nitrogens with zero attached hydrogens (tertiary/aromatic N) is 2. The van der Waals surface area contributed by atoms with Gasteiger partial charge in [0.15, 0.2) is 5.17 Å². The second kappa shape index (κ2) is 10.3. The summed E-state index contributed by atoms with van der Waals surface area (Å²) in [5.41, 5.74) is 0.758. The van der Waals surface area contributed by atoms with Gasteiger partial charge >= 0.3 is 11.9 Å². The van der Waals surface area contributed by atoms with E-state index in [9.17, 15) is 14.4 Å². The summed E-state index contributed by atoms with van der Waals surface area (Å²) in [6.07, 6.45) is 1.41. The highest BCUT2D eigenvalue weighted by Gasteiger charge is 2.32. The van der Waals surface area contributed by atoms with Crippen molar-refractivity contribution in [3.8, 4) is 5.75 Å². The Kier molecular flexibility index (Phi) is 7.80. The lowest BCUT2D eigenvalue weighted by molar-refractivity contribution is -0.143. The van der Waals surface area contributed by atoms with Crippen LogP contribution in [0.2, 0.25) is 0 Å². The van der Waals surface area contributed by atoms with Crippen molar-refractivity contribution in [3.05, 3.63) is 29.8 Å². The molecule has 0 saturated carbocycles. The van der Waals surface area contributed by atoms with E-state index in [0.717, 1.165) is 17.3 Å². The number of nitrogens with one attached hydrogen (secondary N) is 1. The Bertz CT molecular complexity index is 748. The highest BCUT2D eigenvalue weighted by Crippen LogP contribution is 2.22. The van der Waals surface area contributed by atoms with Gasteiger partial charge in [-0.1, -0.05) is 11.8 Å². The Morgan fingerprint density at radius 3 is 2.74 bits per heavy atom. The number of ether oxygens (including phenoxy) is 2. The van der Waals surface area contributed by atoms with E-state index in [1.54, 1.807) is 31.2 Å². The van der Waals surface area contributed by atoms with Gasteiger partial charge in [0.25, 0.3) is 0 Å². The van der Waals surface area contributed by atoms with Crippen molar-refractivity contribution in [2.75, 3.05) is 13.2 Å². The van der Waals surface area contributed by atoms with Crippen LogP contribution >= 0.6 is 11.8 Å². The molecule has 0 spiro atoms. The SMILES string of the molecule is CCOC(=O)CCOc1ccc(C=NN=C2NC(=O)C(CC(=O)O)S2)cc1. The van der Waals surface area contributed by atoms with Gasteiger partial charge in [0, 0.05) is 0 Å². The predicted molar refractivity (Wildman–Crippen MR) is 100.0 cm³/mol. The maximum atomic E-state index is 11.6. The van der Waals surface area contributed by atoms with Crippen LogP contribution in [0.15, 0.2) is 34.5 Å². The number of benzene rings is 1. The quantitative estimate of drug-likeness (QED) is 0.369. The van der Waals surface area contributed by atoms with Crippen LogP contribution in [-0.2, 0) is 19.1 Å². The van der Waals surface area contributed by atoms with Gasteiger partial charge in [-0.25, -0.2) is 0 Å². The minimum atomic E-state index is -1.04. The van der Waals surface area contributed by atoms with Crippen molar-refractivity contribution in [2.24, 2.45) is 10.2 Å². The minimum absolute atomic E-state index is 0.181. The Hall–Kier alpha value is -2.88. The fraction of sp³-hybridized carbons (Fsp3) is 0.353. The van der Waals surface area contributed by atoms with Crippen molar-refractivity contribution in [1.29, 1.82) is 0 Å². The molecular formula is C17H19N3O6S. The summed E-state index contributed by atoms with van der Waals surface area (Å²) in [6, 6.07) is 6.98. The van der Waals surface area contributed by atoms with Crippen LogP contribution in [-0.4, -0.2) is 52.8 Å². The van der Waals surface area contributed by atoms with Gasteiger partial charge in [0.1, 0.15) is 11.0 Å². The molecule has 10 heteroatoms. The van der Waals surface area contributed by atoms with Gasteiger partial charge in [-0.2, -0.15) is 5.10 Å². The lowest BCUT2D eigenvalue weighted by Gasteiger charge is -2.05. The Morgan fingerprint density at radius 1 is 1.33 bits per heavy atom. The number of thioether (sulfide) groups is 1. The van der Waals surface area contributed by atoms with Gasteiger partial charge in [-0.3, -0.25) is 14.4 Å². The lowest BCUT2D eigenvalue weighted by atomic mass is 10.2. The number of amides is 1. The van der Waals surface area contributed by atoms with E-state index in [2.05, 4.69) is 15.5 Å². The van der Waals surface area contributed by atoms with E-state index in [0.29, 0.717) is 12.4 Å². The smallest absolute Gasteiger partial charge is 0.309 e. The van der Waals surface area contributed by atoms with E-state index in [-0.39, 0.29) is 36.5 Å². The molecule has 1 aromatic rings. The zero-order valence-corrected chi connectivity index (χ0v) is 15.4. The Morgan fingerprint density at radius 2 is 2.07 bits per heavy atom. The number of rotatable bonds is 9. The molecule has 1 aromatic carbocycles. The number of carboxylic acid groups (broad SMARTS) is 1. The van der Waals surface area contributed by atoms with Crippen molar-refractivity contribution >= 4 is 41.0 Å². The lowest BCUT2D eigenvalue weighted by Crippen LogP contribution is -2.26. The predicted octanol–water partition coefficient (Wildman–Crippen LogP) is 1.41. The number of hydrogen-bond donors (Lipinski definition) is 2. The molecule has 1 heterocycles. The summed E-state index contributed by atoms with van der Waals surface area (Å²) in [6.45, 7) is 2.32. The molecule has 2 N–H and O–H groups in total. The molecule has 1 aliphatic rings. The largest absolute Gasteiger partial charge is 0.493 e. The molecule has 1 saturated heterocycles. The molecule has 27 heavy (non-hydrogen) atoms. The summed E-state index contributed by atoms with van der Waals surface area (Å²) in [5.74, 6) is -1.13. The number of amidine groups is 1. The number of esters is 1. The number of aliphatic carboxylic acids is 1. The fourth-order valence-electron chi connectivity index (χ4n) is 2.03. The summed E-state index contributed by atoms with van der Waals surface area (Å²) in [4.78, 5) is 33.5. The third-order valence-electron chi connectivity index (χ3n) is 3.25. The first-order valence-electron chi connectivity index (χ1n) is 8.16. The first-order chi connectivity index (χ1) is 13.0. The van der Waals surface area contributed by atoms with Crippen LogP contribution in [0.5, 0.6) is 5.75 Å². The van der Waals surface area contributed by atoms with Gasteiger partial charge in [-0.05, 0) is 36.8 Å². The van der Waals surface area contributed by atoms with Crippen LogP contribution in [0, 0.1) is 0 Å². The zero-order valence-electron chi connectivity index (χ0n) is 14.6. The van der Waals surface area contributed by atoms with Crippen molar-refractivity contribution < 1.29 is 29.0 Å². The molecule has 2 rings (SSSR count). The molecule has 144 valence electrons. The monoisotopic (exact) mass is 393 g/mol. The molecule has 1 aliphatic heterocycles.